The molecule has 0 spiro atoms. The fourth-order valence-electron chi connectivity index (χ4n) is 2.33. The van der Waals surface area contributed by atoms with Gasteiger partial charge in [0, 0.05) is 15.0 Å². The first-order chi connectivity index (χ1) is 11.5. The molecule has 0 radical (unpaired) electrons. The number of thiophene rings is 1. The Labute approximate surface area is 160 Å². The van der Waals surface area contributed by atoms with Crippen LogP contribution >= 0.6 is 33.9 Å². The molecule has 1 N–H and O–H groups in total. The third-order valence-corrected chi connectivity index (χ3v) is 5.53. The van der Waals surface area contributed by atoms with Gasteiger partial charge in [-0.2, -0.15) is 0 Å². The third-order valence-electron chi connectivity index (χ3n) is 3.67. The summed E-state index contributed by atoms with van der Waals surface area (Å²) in [5.74, 6) is 1.04. The molecule has 24 heavy (non-hydrogen) atoms. The van der Waals surface area contributed by atoms with E-state index < -0.39 is 0 Å². The van der Waals surface area contributed by atoms with Crippen LogP contribution in [-0.2, 0) is 0 Å². The molecule has 0 saturated carbocycles. The van der Waals surface area contributed by atoms with Crippen molar-refractivity contribution in [2.75, 3.05) is 34.9 Å². The van der Waals surface area contributed by atoms with E-state index in [0.29, 0.717) is 23.6 Å². The molecule has 1 amide bonds. The van der Waals surface area contributed by atoms with Crippen LogP contribution in [0.5, 0.6) is 11.5 Å². The van der Waals surface area contributed by atoms with E-state index in [-0.39, 0.29) is 11.9 Å². The summed E-state index contributed by atoms with van der Waals surface area (Å²) in [7, 11) is 7.16. The maximum atomic E-state index is 12.6. The van der Waals surface area contributed by atoms with Crippen LogP contribution in [0, 0.1) is 3.57 Å². The normalized spacial score (nSPS) is 12.1. The number of ether oxygens (including phenoxy) is 2. The van der Waals surface area contributed by atoms with Gasteiger partial charge in [-0.05, 0) is 60.3 Å². The van der Waals surface area contributed by atoms with E-state index in [1.54, 1.807) is 37.7 Å². The van der Waals surface area contributed by atoms with Crippen LogP contribution in [0.2, 0.25) is 0 Å². The molecule has 0 fully saturated rings. The Kier molecular flexibility index (Phi) is 6.88. The van der Waals surface area contributed by atoms with Crippen LogP contribution in [0.15, 0.2) is 29.6 Å². The number of carbonyl (C=O) groups excluding carboxylic acids is 1. The Morgan fingerprint density at radius 3 is 2.50 bits per heavy atom. The summed E-state index contributed by atoms with van der Waals surface area (Å²) in [6, 6.07) is 7.77. The molecule has 1 unspecified atom stereocenters. The van der Waals surface area contributed by atoms with Gasteiger partial charge in [0.25, 0.3) is 5.91 Å². The van der Waals surface area contributed by atoms with E-state index in [1.165, 1.54) is 4.88 Å². The fourth-order valence-corrected chi connectivity index (χ4v) is 3.94. The molecule has 130 valence electrons. The first-order valence-electron chi connectivity index (χ1n) is 7.37. The Balaban J connectivity index is 2.14. The molecule has 0 bridgehead atoms. The van der Waals surface area contributed by atoms with E-state index in [2.05, 4.69) is 38.9 Å². The van der Waals surface area contributed by atoms with Crippen molar-refractivity contribution in [3.63, 3.8) is 0 Å². The number of hydrogen-bond donors (Lipinski definition) is 1. The number of benzene rings is 1. The third kappa shape index (κ3) is 4.40. The van der Waals surface area contributed by atoms with E-state index in [9.17, 15) is 4.79 Å². The maximum absolute atomic E-state index is 12.6. The molecule has 0 aliphatic heterocycles. The number of hydrogen-bond acceptors (Lipinski definition) is 5. The summed E-state index contributed by atoms with van der Waals surface area (Å²) in [6.07, 6.45) is 0. The summed E-state index contributed by atoms with van der Waals surface area (Å²) in [6.45, 7) is 0.538. The van der Waals surface area contributed by atoms with Gasteiger partial charge >= 0.3 is 0 Å². The number of amides is 1. The molecule has 2 aromatic rings. The van der Waals surface area contributed by atoms with Crippen LogP contribution in [0.1, 0.15) is 21.3 Å². The monoisotopic (exact) mass is 460 g/mol. The average molecular weight is 460 g/mol. The van der Waals surface area contributed by atoms with Crippen LogP contribution in [0.4, 0.5) is 0 Å². The van der Waals surface area contributed by atoms with E-state index in [1.807, 2.05) is 25.5 Å². The van der Waals surface area contributed by atoms with Gasteiger partial charge in [-0.25, -0.2) is 0 Å². The molecule has 0 saturated heterocycles. The smallest absolute Gasteiger partial charge is 0.252 e. The first kappa shape index (κ1) is 19.0. The average Bonchev–Trinajstić information content (AvgIpc) is 3.08. The van der Waals surface area contributed by atoms with Gasteiger partial charge in [-0.15, -0.1) is 11.3 Å². The topological polar surface area (TPSA) is 50.8 Å². The fraction of sp³-hybridized carbons (Fsp3) is 0.353. The van der Waals surface area contributed by atoms with Crippen molar-refractivity contribution in [3.05, 3.63) is 43.7 Å². The van der Waals surface area contributed by atoms with Crippen molar-refractivity contribution in [2.24, 2.45) is 0 Å². The van der Waals surface area contributed by atoms with Crippen molar-refractivity contribution in [3.8, 4) is 11.5 Å². The lowest BCUT2D eigenvalue weighted by atomic mass is 10.1. The molecule has 2 rings (SSSR count). The van der Waals surface area contributed by atoms with Crippen molar-refractivity contribution in [1.82, 2.24) is 10.2 Å². The van der Waals surface area contributed by atoms with Gasteiger partial charge in [0.15, 0.2) is 11.5 Å². The zero-order valence-corrected chi connectivity index (χ0v) is 17.1. The maximum Gasteiger partial charge on any atom is 0.252 e. The van der Waals surface area contributed by atoms with Crippen molar-refractivity contribution >= 4 is 39.8 Å². The van der Waals surface area contributed by atoms with Gasteiger partial charge in [0.2, 0.25) is 0 Å². The predicted molar refractivity (Wildman–Crippen MR) is 105 cm³/mol. The number of nitrogens with one attached hydrogen (secondary N) is 1. The summed E-state index contributed by atoms with van der Waals surface area (Å²) in [5, 5.41) is 5.07. The number of nitrogens with zero attached hydrogens (tertiary/aromatic N) is 1. The van der Waals surface area contributed by atoms with Crippen LogP contribution < -0.4 is 14.8 Å². The molecular formula is C17H21IN2O3S. The quantitative estimate of drug-likeness (QED) is 0.644. The Morgan fingerprint density at radius 2 is 1.96 bits per heavy atom. The number of likely N-dealkylation sites (N-methyl/N-ethyl adjacent to an activating group) is 1. The minimum absolute atomic E-state index is 0.122. The largest absolute Gasteiger partial charge is 0.493 e. The summed E-state index contributed by atoms with van der Waals surface area (Å²) in [5.41, 5.74) is 0.580. The highest BCUT2D eigenvalue weighted by Crippen LogP contribution is 2.31. The number of rotatable bonds is 7. The van der Waals surface area contributed by atoms with E-state index in [0.717, 1.165) is 3.57 Å². The lowest BCUT2D eigenvalue weighted by molar-refractivity contribution is 0.0941. The summed E-state index contributed by atoms with van der Waals surface area (Å²) >= 11 is 3.82. The molecular weight excluding hydrogens is 439 g/mol. The molecule has 7 heteroatoms. The van der Waals surface area contributed by atoms with Crippen molar-refractivity contribution in [1.29, 1.82) is 0 Å². The second-order valence-electron chi connectivity index (χ2n) is 5.39. The molecule has 1 atom stereocenters. The molecule has 1 aromatic carbocycles. The Hall–Kier alpha value is -1.32. The predicted octanol–water partition coefficient (Wildman–Crippen LogP) is 3.40. The van der Waals surface area contributed by atoms with Crippen molar-refractivity contribution in [2.45, 2.75) is 6.04 Å². The second-order valence-corrected chi connectivity index (χ2v) is 7.53. The summed E-state index contributed by atoms with van der Waals surface area (Å²) < 4.78 is 11.4. The van der Waals surface area contributed by atoms with E-state index >= 15 is 0 Å². The zero-order chi connectivity index (χ0) is 17.7. The zero-order valence-electron chi connectivity index (χ0n) is 14.1. The highest BCUT2D eigenvalue weighted by Gasteiger charge is 2.19. The first-order valence-corrected chi connectivity index (χ1v) is 9.33. The van der Waals surface area contributed by atoms with Crippen molar-refractivity contribution < 1.29 is 14.3 Å². The van der Waals surface area contributed by atoms with Gasteiger partial charge in [-0.1, -0.05) is 6.07 Å². The molecule has 0 aliphatic carbocycles. The molecule has 5 nitrogen and oxygen atoms in total. The number of carbonyl (C=O) groups is 1. The minimum atomic E-state index is -0.122. The highest BCUT2D eigenvalue weighted by atomic mass is 127. The Bertz CT molecular complexity index is 689. The molecule has 1 heterocycles. The highest BCUT2D eigenvalue weighted by molar-refractivity contribution is 14.1. The van der Waals surface area contributed by atoms with E-state index in [4.69, 9.17) is 9.47 Å². The second kappa shape index (κ2) is 8.68. The lowest BCUT2D eigenvalue weighted by Crippen LogP contribution is -2.34. The molecule has 1 aromatic heterocycles. The van der Waals surface area contributed by atoms with Crippen LogP contribution in [0.3, 0.4) is 0 Å². The van der Waals surface area contributed by atoms with Gasteiger partial charge in [0.05, 0.1) is 25.8 Å². The minimum Gasteiger partial charge on any atom is -0.493 e. The van der Waals surface area contributed by atoms with Gasteiger partial charge < -0.3 is 19.7 Å². The standard InChI is InChI=1S/C17H21IN2O3S/c1-20(2)13(16-6-5-7-24-16)10-19-17(21)11-8-14(22-3)15(23-4)9-12(11)18/h5-9,13H,10H2,1-4H3,(H,19,21). The SMILES string of the molecule is COc1cc(I)c(C(=O)NCC(c2cccs2)N(C)C)cc1OC. The number of halogens is 1. The number of methoxy groups -OCH3 is 2. The summed E-state index contributed by atoms with van der Waals surface area (Å²) in [4.78, 5) is 15.9. The van der Waals surface area contributed by atoms with Gasteiger partial charge in [-0.3, -0.25) is 4.79 Å². The Morgan fingerprint density at radius 1 is 1.29 bits per heavy atom. The van der Waals surface area contributed by atoms with Crippen LogP contribution in [0.25, 0.3) is 0 Å². The van der Waals surface area contributed by atoms with Gasteiger partial charge in [0.1, 0.15) is 0 Å². The van der Waals surface area contributed by atoms with Crippen LogP contribution in [-0.4, -0.2) is 45.7 Å². The molecule has 0 aliphatic rings. The lowest BCUT2D eigenvalue weighted by Gasteiger charge is -2.23.